The number of fused-ring (bicyclic) bond motifs is 1. The molecule has 1 aliphatic rings. The molecule has 1 N–H and O–H groups in total. The molecule has 1 aromatic rings. The number of hydrogen-bond acceptors (Lipinski definition) is 2. The van der Waals surface area contributed by atoms with E-state index in [1.54, 1.807) is 0 Å². The second-order valence-electron chi connectivity index (χ2n) is 3.62. The van der Waals surface area contributed by atoms with Crippen LogP contribution in [0.3, 0.4) is 0 Å². The van der Waals surface area contributed by atoms with Gasteiger partial charge < -0.3 is 10.1 Å². The van der Waals surface area contributed by atoms with Gasteiger partial charge in [0.15, 0.2) is 0 Å². The van der Waals surface area contributed by atoms with Gasteiger partial charge in [-0.25, -0.2) is 0 Å². The Kier molecular flexibility index (Phi) is 3.17. The fourth-order valence-corrected chi connectivity index (χ4v) is 1.93. The van der Waals surface area contributed by atoms with Crippen molar-refractivity contribution in [3.63, 3.8) is 0 Å². The zero-order valence-electron chi connectivity index (χ0n) is 8.68. The van der Waals surface area contributed by atoms with Crippen LogP contribution < -0.4 is 5.32 Å². The van der Waals surface area contributed by atoms with Crippen LogP contribution in [0.2, 0.25) is 0 Å². The summed E-state index contributed by atoms with van der Waals surface area (Å²) in [6.45, 7) is 5.68. The third-order valence-electron chi connectivity index (χ3n) is 2.70. The number of hydrogen-bond donors (Lipinski definition) is 1. The lowest BCUT2D eigenvalue weighted by Gasteiger charge is -2.20. The van der Waals surface area contributed by atoms with Gasteiger partial charge in [-0.15, -0.1) is 0 Å². The third-order valence-corrected chi connectivity index (χ3v) is 2.70. The van der Waals surface area contributed by atoms with Gasteiger partial charge in [-0.3, -0.25) is 0 Å². The number of benzene rings is 1. The minimum Gasteiger partial charge on any atom is -0.377 e. The molecule has 0 fully saturated rings. The summed E-state index contributed by atoms with van der Waals surface area (Å²) >= 11 is 0. The van der Waals surface area contributed by atoms with Gasteiger partial charge in [0.2, 0.25) is 0 Å². The maximum Gasteiger partial charge on any atom is 0.0719 e. The molecule has 1 aliphatic heterocycles. The molecule has 0 saturated heterocycles. The van der Waals surface area contributed by atoms with E-state index in [1.165, 1.54) is 16.7 Å². The molecule has 0 aromatic heterocycles. The molecule has 0 saturated carbocycles. The minimum absolute atomic E-state index is 0.751. The maximum absolute atomic E-state index is 5.46. The lowest BCUT2D eigenvalue weighted by Crippen LogP contribution is -2.24. The van der Waals surface area contributed by atoms with E-state index < -0.39 is 0 Å². The molecule has 0 radical (unpaired) electrons. The van der Waals surface area contributed by atoms with Crippen LogP contribution >= 0.6 is 0 Å². The van der Waals surface area contributed by atoms with Crippen molar-refractivity contribution >= 4 is 0 Å². The molecule has 0 unspecified atom stereocenters. The molecular formula is C12H17NO. The van der Waals surface area contributed by atoms with E-state index in [1.807, 2.05) is 6.92 Å². The molecule has 2 heteroatoms. The van der Waals surface area contributed by atoms with E-state index in [2.05, 4.69) is 23.5 Å². The third kappa shape index (κ3) is 1.97. The number of rotatable bonds is 3. The van der Waals surface area contributed by atoms with Crippen LogP contribution in [0, 0.1) is 0 Å². The lowest BCUT2D eigenvalue weighted by atomic mass is 9.96. The molecular weight excluding hydrogens is 174 g/mol. The van der Waals surface area contributed by atoms with Crippen molar-refractivity contribution in [2.75, 3.05) is 13.2 Å². The molecule has 2 rings (SSSR count). The van der Waals surface area contributed by atoms with Gasteiger partial charge in [0, 0.05) is 13.2 Å². The standard InChI is InChI=1S/C12H17NO/c1-2-14-9-11-5-3-4-10-6-7-13-8-12(10)11/h3-5,13H,2,6-9H2,1H3. The molecule has 0 spiro atoms. The Bertz CT molecular complexity index is 309. The molecule has 14 heavy (non-hydrogen) atoms. The van der Waals surface area contributed by atoms with Crippen LogP contribution in [0.25, 0.3) is 0 Å². The van der Waals surface area contributed by atoms with Gasteiger partial charge in [-0.1, -0.05) is 18.2 Å². The summed E-state index contributed by atoms with van der Waals surface area (Å²) in [6, 6.07) is 6.53. The number of ether oxygens (including phenoxy) is 1. The fourth-order valence-electron chi connectivity index (χ4n) is 1.93. The number of nitrogens with one attached hydrogen (secondary N) is 1. The van der Waals surface area contributed by atoms with Gasteiger partial charge in [0.25, 0.3) is 0 Å². The quantitative estimate of drug-likeness (QED) is 0.787. The Morgan fingerprint density at radius 1 is 1.43 bits per heavy atom. The van der Waals surface area contributed by atoms with Crippen LogP contribution in [0.4, 0.5) is 0 Å². The SMILES string of the molecule is CCOCc1cccc2c1CNCC2. The normalized spacial score (nSPS) is 15.2. The first kappa shape index (κ1) is 9.69. The molecule has 0 atom stereocenters. The highest BCUT2D eigenvalue weighted by Gasteiger charge is 2.11. The molecule has 0 aliphatic carbocycles. The monoisotopic (exact) mass is 191 g/mol. The maximum atomic E-state index is 5.46. The Morgan fingerprint density at radius 3 is 3.21 bits per heavy atom. The lowest BCUT2D eigenvalue weighted by molar-refractivity contribution is 0.133. The highest BCUT2D eigenvalue weighted by atomic mass is 16.5. The largest absolute Gasteiger partial charge is 0.377 e. The molecule has 2 nitrogen and oxygen atoms in total. The van der Waals surface area contributed by atoms with Gasteiger partial charge in [-0.05, 0) is 36.6 Å². The van der Waals surface area contributed by atoms with E-state index in [4.69, 9.17) is 4.74 Å². The Morgan fingerprint density at radius 2 is 2.36 bits per heavy atom. The van der Waals surface area contributed by atoms with Crippen molar-refractivity contribution in [2.45, 2.75) is 26.5 Å². The van der Waals surface area contributed by atoms with E-state index in [-0.39, 0.29) is 0 Å². The van der Waals surface area contributed by atoms with Crippen molar-refractivity contribution in [1.82, 2.24) is 5.32 Å². The van der Waals surface area contributed by atoms with Crippen LogP contribution in [0.15, 0.2) is 18.2 Å². The van der Waals surface area contributed by atoms with Gasteiger partial charge in [0.1, 0.15) is 0 Å². The smallest absolute Gasteiger partial charge is 0.0719 e. The predicted octanol–water partition coefficient (Wildman–Crippen LogP) is 1.87. The molecule has 76 valence electrons. The average Bonchev–Trinajstić information content (AvgIpc) is 2.26. The average molecular weight is 191 g/mol. The van der Waals surface area contributed by atoms with Crippen LogP contribution in [0.1, 0.15) is 23.6 Å². The summed E-state index contributed by atoms with van der Waals surface area (Å²) in [5, 5.41) is 3.40. The molecule has 0 amide bonds. The fraction of sp³-hybridized carbons (Fsp3) is 0.500. The second-order valence-corrected chi connectivity index (χ2v) is 3.62. The van der Waals surface area contributed by atoms with E-state index in [0.717, 1.165) is 32.7 Å². The van der Waals surface area contributed by atoms with Crippen LogP contribution in [-0.4, -0.2) is 13.2 Å². The summed E-state index contributed by atoms with van der Waals surface area (Å²) < 4.78 is 5.46. The van der Waals surface area contributed by atoms with E-state index in [0.29, 0.717) is 0 Å². The van der Waals surface area contributed by atoms with E-state index >= 15 is 0 Å². The van der Waals surface area contributed by atoms with Crippen LogP contribution in [0.5, 0.6) is 0 Å². The van der Waals surface area contributed by atoms with Crippen molar-refractivity contribution in [3.8, 4) is 0 Å². The highest BCUT2D eigenvalue weighted by molar-refractivity contribution is 5.36. The van der Waals surface area contributed by atoms with Gasteiger partial charge in [0.05, 0.1) is 6.61 Å². The zero-order chi connectivity index (χ0) is 9.80. The Hall–Kier alpha value is -0.860. The first-order chi connectivity index (χ1) is 6.92. The summed E-state index contributed by atoms with van der Waals surface area (Å²) in [5.41, 5.74) is 4.28. The van der Waals surface area contributed by atoms with Crippen molar-refractivity contribution < 1.29 is 4.74 Å². The predicted molar refractivity (Wildman–Crippen MR) is 57.2 cm³/mol. The Labute approximate surface area is 85.3 Å². The van der Waals surface area contributed by atoms with Crippen molar-refractivity contribution in [3.05, 3.63) is 34.9 Å². The van der Waals surface area contributed by atoms with Gasteiger partial charge >= 0.3 is 0 Å². The van der Waals surface area contributed by atoms with Gasteiger partial charge in [-0.2, -0.15) is 0 Å². The molecule has 1 heterocycles. The summed E-state index contributed by atoms with van der Waals surface area (Å²) in [7, 11) is 0. The Balaban J connectivity index is 2.21. The van der Waals surface area contributed by atoms with E-state index in [9.17, 15) is 0 Å². The zero-order valence-corrected chi connectivity index (χ0v) is 8.68. The van der Waals surface area contributed by atoms with Crippen molar-refractivity contribution in [1.29, 1.82) is 0 Å². The summed E-state index contributed by atoms with van der Waals surface area (Å²) in [5.74, 6) is 0. The van der Waals surface area contributed by atoms with Crippen molar-refractivity contribution in [2.24, 2.45) is 0 Å². The van der Waals surface area contributed by atoms with Crippen LogP contribution in [-0.2, 0) is 24.3 Å². The summed E-state index contributed by atoms with van der Waals surface area (Å²) in [6.07, 6.45) is 1.15. The highest BCUT2D eigenvalue weighted by Crippen LogP contribution is 2.19. The first-order valence-corrected chi connectivity index (χ1v) is 5.30. The molecule has 0 bridgehead atoms. The molecule has 1 aromatic carbocycles. The second kappa shape index (κ2) is 4.58. The topological polar surface area (TPSA) is 21.3 Å². The first-order valence-electron chi connectivity index (χ1n) is 5.30. The minimum atomic E-state index is 0.751. The summed E-state index contributed by atoms with van der Waals surface area (Å²) in [4.78, 5) is 0.